The number of rotatable bonds is 2. The summed E-state index contributed by atoms with van der Waals surface area (Å²) in [6.45, 7) is 1.83. The van der Waals surface area contributed by atoms with E-state index in [1.807, 2.05) is 43.3 Å². The maximum Gasteiger partial charge on any atom is 0.335 e. The molecule has 0 saturated carbocycles. The maximum atomic E-state index is 11.2. The summed E-state index contributed by atoms with van der Waals surface area (Å²) in [6, 6.07) is 15.2. The van der Waals surface area contributed by atoms with Gasteiger partial charge in [0.2, 0.25) is 0 Å². The minimum atomic E-state index is -0.900. The van der Waals surface area contributed by atoms with Crippen molar-refractivity contribution in [3.8, 4) is 11.1 Å². The number of aromatic nitrogens is 1. The van der Waals surface area contributed by atoms with Gasteiger partial charge in [0, 0.05) is 11.6 Å². The van der Waals surface area contributed by atoms with Crippen LogP contribution in [-0.4, -0.2) is 16.1 Å². The van der Waals surface area contributed by atoms with Crippen LogP contribution in [0, 0.1) is 6.92 Å². The predicted molar refractivity (Wildman–Crippen MR) is 78.9 cm³/mol. The summed E-state index contributed by atoms with van der Waals surface area (Å²) in [7, 11) is 0. The van der Waals surface area contributed by atoms with Crippen molar-refractivity contribution in [2.45, 2.75) is 6.92 Å². The third-order valence-corrected chi connectivity index (χ3v) is 3.48. The van der Waals surface area contributed by atoms with Gasteiger partial charge in [0.15, 0.2) is 0 Å². The molecule has 3 aromatic rings. The fourth-order valence-corrected chi connectivity index (χ4v) is 2.41. The first kappa shape index (κ1) is 12.4. The molecular formula is C17H13NO2. The highest BCUT2D eigenvalue weighted by Crippen LogP contribution is 2.28. The molecule has 0 radical (unpaired) electrons. The van der Waals surface area contributed by atoms with E-state index < -0.39 is 5.97 Å². The van der Waals surface area contributed by atoms with E-state index in [0.717, 1.165) is 27.6 Å². The van der Waals surface area contributed by atoms with Crippen molar-refractivity contribution >= 4 is 16.9 Å². The second-order valence-electron chi connectivity index (χ2n) is 4.69. The molecule has 0 aliphatic rings. The van der Waals surface area contributed by atoms with E-state index in [9.17, 15) is 9.90 Å². The summed E-state index contributed by atoms with van der Waals surface area (Å²) in [4.78, 5) is 15.5. The summed E-state index contributed by atoms with van der Waals surface area (Å²) in [6.07, 6.45) is 1.76. The lowest BCUT2D eigenvalue weighted by Crippen LogP contribution is -2.00. The Morgan fingerprint density at radius 2 is 1.95 bits per heavy atom. The number of carboxylic acids is 1. The van der Waals surface area contributed by atoms with E-state index >= 15 is 0 Å². The van der Waals surface area contributed by atoms with Gasteiger partial charge in [0.1, 0.15) is 0 Å². The first-order chi connectivity index (χ1) is 9.66. The maximum absolute atomic E-state index is 11.2. The van der Waals surface area contributed by atoms with Crippen LogP contribution >= 0.6 is 0 Å². The van der Waals surface area contributed by atoms with Gasteiger partial charge in [-0.25, -0.2) is 4.79 Å². The van der Waals surface area contributed by atoms with Crippen LogP contribution in [0.25, 0.3) is 22.0 Å². The van der Waals surface area contributed by atoms with Crippen LogP contribution < -0.4 is 0 Å². The first-order valence-corrected chi connectivity index (χ1v) is 6.35. The Labute approximate surface area is 116 Å². The molecule has 0 aliphatic carbocycles. The number of fused-ring (bicyclic) bond motifs is 1. The highest BCUT2D eigenvalue weighted by Gasteiger charge is 2.11. The zero-order valence-electron chi connectivity index (χ0n) is 11.0. The number of aromatic carboxylic acids is 1. The molecule has 0 amide bonds. The van der Waals surface area contributed by atoms with Crippen molar-refractivity contribution in [1.82, 2.24) is 4.98 Å². The molecule has 1 N–H and O–H groups in total. The zero-order valence-corrected chi connectivity index (χ0v) is 11.0. The molecule has 3 heteroatoms. The average Bonchev–Trinajstić information content (AvgIpc) is 2.46. The smallest absolute Gasteiger partial charge is 0.335 e. The average molecular weight is 263 g/mol. The van der Waals surface area contributed by atoms with Gasteiger partial charge in [0.05, 0.1) is 11.1 Å². The van der Waals surface area contributed by atoms with Crippen molar-refractivity contribution < 1.29 is 9.90 Å². The van der Waals surface area contributed by atoms with Gasteiger partial charge in [-0.05, 0) is 41.8 Å². The van der Waals surface area contributed by atoms with Crippen LogP contribution in [0.3, 0.4) is 0 Å². The van der Waals surface area contributed by atoms with Crippen LogP contribution in [0.5, 0.6) is 0 Å². The molecule has 98 valence electrons. The molecule has 20 heavy (non-hydrogen) atoms. The Morgan fingerprint density at radius 3 is 2.75 bits per heavy atom. The van der Waals surface area contributed by atoms with E-state index in [-0.39, 0.29) is 0 Å². The second kappa shape index (κ2) is 4.78. The molecule has 0 unspecified atom stereocenters. The first-order valence-electron chi connectivity index (χ1n) is 6.35. The van der Waals surface area contributed by atoms with Crippen molar-refractivity contribution in [2.24, 2.45) is 0 Å². The Morgan fingerprint density at radius 1 is 1.10 bits per heavy atom. The minimum absolute atomic E-state index is 0.337. The Hall–Kier alpha value is -2.68. The van der Waals surface area contributed by atoms with Crippen LogP contribution in [0.2, 0.25) is 0 Å². The lowest BCUT2D eigenvalue weighted by Gasteiger charge is -2.09. The number of benzene rings is 2. The Bertz CT molecular complexity index is 809. The number of nitrogens with zero attached hydrogens (tertiary/aromatic N) is 1. The van der Waals surface area contributed by atoms with Gasteiger partial charge >= 0.3 is 5.97 Å². The molecule has 0 bridgehead atoms. The van der Waals surface area contributed by atoms with Crippen LogP contribution in [0.15, 0.2) is 54.7 Å². The number of pyridine rings is 1. The molecule has 0 saturated heterocycles. The Balaban J connectivity index is 2.20. The molecule has 0 spiro atoms. The normalized spacial score (nSPS) is 10.7. The molecular weight excluding hydrogens is 250 g/mol. The standard InChI is InChI=1S/C17H13NO2/c1-11-14(5-2-6-15(11)17(19)20)13-8-7-12-4-3-9-18-16(12)10-13/h2-10H,1H3,(H,19,20). The quantitative estimate of drug-likeness (QED) is 0.762. The molecule has 1 aromatic heterocycles. The third kappa shape index (κ3) is 2.03. The van der Waals surface area contributed by atoms with E-state index in [1.165, 1.54) is 0 Å². The van der Waals surface area contributed by atoms with Crippen LogP contribution in [-0.2, 0) is 0 Å². The summed E-state index contributed by atoms with van der Waals surface area (Å²) in [5.41, 5.74) is 3.93. The molecule has 0 aliphatic heterocycles. The van der Waals surface area contributed by atoms with Gasteiger partial charge in [-0.15, -0.1) is 0 Å². The number of carbonyl (C=O) groups is 1. The SMILES string of the molecule is Cc1c(C(=O)O)cccc1-c1ccc2cccnc2c1. The number of carboxylic acid groups (broad SMARTS) is 1. The third-order valence-electron chi connectivity index (χ3n) is 3.48. The van der Waals surface area contributed by atoms with E-state index in [4.69, 9.17) is 0 Å². The highest BCUT2D eigenvalue weighted by atomic mass is 16.4. The topological polar surface area (TPSA) is 50.2 Å². The molecule has 0 fully saturated rings. The van der Waals surface area contributed by atoms with Gasteiger partial charge in [-0.3, -0.25) is 4.98 Å². The zero-order chi connectivity index (χ0) is 14.1. The molecule has 3 rings (SSSR count). The lowest BCUT2D eigenvalue weighted by molar-refractivity contribution is 0.0696. The molecule has 2 aromatic carbocycles. The summed E-state index contributed by atoms with van der Waals surface area (Å²) in [5, 5.41) is 10.3. The van der Waals surface area contributed by atoms with Gasteiger partial charge in [-0.2, -0.15) is 0 Å². The van der Waals surface area contributed by atoms with E-state index in [2.05, 4.69) is 4.98 Å². The molecule has 1 heterocycles. The Kier molecular flexibility index (Phi) is 2.95. The molecule has 0 atom stereocenters. The van der Waals surface area contributed by atoms with Crippen molar-refractivity contribution in [3.05, 3.63) is 65.9 Å². The van der Waals surface area contributed by atoms with Crippen molar-refractivity contribution in [3.63, 3.8) is 0 Å². The van der Waals surface area contributed by atoms with Gasteiger partial charge in [0.25, 0.3) is 0 Å². The molecule has 3 nitrogen and oxygen atoms in total. The summed E-state index contributed by atoms with van der Waals surface area (Å²) in [5.74, 6) is -0.900. The van der Waals surface area contributed by atoms with E-state index in [1.54, 1.807) is 18.3 Å². The van der Waals surface area contributed by atoms with Crippen LogP contribution in [0.1, 0.15) is 15.9 Å². The lowest BCUT2D eigenvalue weighted by atomic mass is 9.96. The van der Waals surface area contributed by atoms with Crippen LogP contribution in [0.4, 0.5) is 0 Å². The predicted octanol–water partition coefficient (Wildman–Crippen LogP) is 3.91. The monoisotopic (exact) mass is 263 g/mol. The second-order valence-corrected chi connectivity index (χ2v) is 4.69. The van der Waals surface area contributed by atoms with E-state index in [0.29, 0.717) is 5.56 Å². The largest absolute Gasteiger partial charge is 0.478 e. The van der Waals surface area contributed by atoms with Crippen molar-refractivity contribution in [1.29, 1.82) is 0 Å². The van der Waals surface area contributed by atoms with Gasteiger partial charge in [-0.1, -0.05) is 30.3 Å². The van der Waals surface area contributed by atoms with Crippen molar-refractivity contribution in [2.75, 3.05) is 0 Å². The number of hydrogen-bond acceptors (Lipinski definition) is 2. The fraction of sp³-hybridized carbons (Fsp3) is 0.0588. The summed E-state index contributed by atoms with van der Waals surface area (Å²) >= 11 is 0. The van der Waals surface area contributed by atoms with Gasteiger partial charge < -0.3 is 5.11 Å². The minimum Gasteiger partial charge on any atom is -0.478 e. The summed E-state index contributed by atoms with van der Waals surface area (Å²) < 4.78 is 0. The fourth-order valence-electron chi connectivity index (χ4n) is 2.41. The highest BCUT2D eigenvalue weighted by molar-refractivity contribution is 5.93. The number of hydrogen-bond donors (Lipinski definition) is 1.